The molecule has 460 valence electrons. The number of ether oxygens (including phenoxy) is 3. The highest BCUT2D eigenvalue weighted by Crippen LogP contribution is 2.16. The number of hydrogen-bond donors (Lipinski definition) is 0. The minimum absolute atomic E-state index is 0.0909. The van der Waals surface area contributed by atoms with Gasteiger partial charge in [-0.2, -0.15) is 0 Å². The Morgan fingerprint density at radius 3 is 0.790 bits per heavy atom. The van der Waals surface area contributed by atoms with Crippen molar-refractivity contribution >= 4 is 17.9 Å². The molecule has 0 aliphatic carbocycles. The summed E-state index contributed by atoms with van der Waals surface area (Å²) in [4.78, 5) is 38.3. The van der Waals surface area contributed by atoms with Crippen molar-refractivity contribution in [3.8, 4) is 0 Å². The fourth-order valence-corrected chi connectivity index (χ4v) is 9.11. The van der Waals surface area contributed by atoms with Gasteiger partial charge in [0.15, 0.2) is 6.10 Å². The quantitative estimate of drug-likeness (QED) is 0.0261. The van der Waals surface area contributed by atoms with Crippen LogP contribution in [-0.4, -0.2) is 37.2 Å². The highest BCUT2D eigenvalue weighted by Gasteiger charge is 2.19. The summed E-state index contributed by atoms with van der Waals surface area (Å²) >= 11 is 0. The molecule has 0 aromatic carbocycles. The van der Waals surface area contributed by atoms with E-state index >= 15 is 0 Å². The predicted molar refractivity (Wildman–Crippen MR) is 353 cm³/mol. The molecular weight excluding hydrogens is 997 g/mol. The summed E-state index contributed by atoms with van der Waals surface area (Å²) in [5.41, 5.74) is 0. The largest absolute Gasteiger partial charge is 0.462 e. The molecule has 0 saturated heterocycles. The standard InChI is InChI=1S/C75H124O6/c1-4-7-10-13-16-19-22-25-27-29-31-32-33-34-35-36-37-38-39-40-41-42-44-45-47-50-53-56-59-62-65-68-74(77)80-71-72(70-79-73(76)67-64-61-58-55-52-49-24-21-18-15-12-9-6-3)81-75(78)69-66-63-60-57-54-51-48-46-43-30-28-26-23-20-17-14-11-8-5-2/h7,10,16-17,19-20,25-28,31-32,34-35,37-38,40-41,44-45,50,53,72H,4-6,8-9,11-15,18,21-24,29-30,33,36,39,42-43,46-49,51-52,54-71H2,1-3H3/b10-7-,19-16-,20-17-,27-25-,28-26-,32-31-,35-34-,38-37-,41-40-,45-44-,53-50-. The molecule has 0 aliphatic heterocycles. The van der Waals surface area contributed by atoms with Crippen LogP contribution in [0.15, 0.2) is 134 Å². The molecule has 0 heterocycles. The highest BCUT2D eigenvalue weighted by atomic mass is 16.6. The van der Waals surface area contributed by atoms with Crippen molar-refractivity contribution in [2.24, 2.45) is 0 Å². The number of esters is 3. The lowest BCUT2D eigenvalue weighted by molar-refractivity contribution is -0.167. The molecule has 0 aromatic rings. The molecule has 0 amide bonds. The third-order valence-electron chi connectivity index (χ3n) is 14.1. The van der Waals surface area contributed by atoms with E-state index in [1.807, 2.05) is 0 Å². The van der Waals surface area contributed by atoms with Crippen LogP contribution in [-0.2, 0) is 28.6 Å². The molecule has 0 aromatic heterocycles. The summed E-state index contributed by atoms with van der Waals surface area (Å²) in [6, 6.07) is 0. The summed E-state index contributed by atoms with van der Waals surface area (Å²) in [7, 11) is 0. The van der Waals surface area contributed by atoms with E-state index in [-0.39, 0.29) is 31.1 Å². The van der Waals surface area contributed by atoms with Crippen LogP contribution in [0.1, 0.15) is 303 Å². The summed E-state index contributed by atoms with van der Waals surface area (Å²) in [6.45, 7) is 6.49. The Hall–Kier alpha value is -4.45. The van der Waals surface area contributed by atoms with Crippen molar-refractivity contribution in [2.75, 3.05) is 13.2 Å². The van der Waals surface area contributed by atoms with Crippen molar-refractivity contribution in [1.82, 2.24) is 0 Å². The monoisotopic (exact) mass is 1120 g/mol. The van der Waals surface area contributed by atoms with E-state index in [4.69, 9.17) is 14.2 Å². The van der Waals surface area contributed by atoms with Gasteiger partial charge in [-0.3, -0.25) is 14.4 Å². The number of unbranched alkanes of at least 4 members (excludes halogenated alkanes) is 27. The van der Waals surface area contributed by atoms with E-state index in [9.17, 15) is 14.4 Å². The Labute approximate surface area is 500 Å². The average molecular weight is 1120 g/mol. The van der Waals surface area contributed by atoms with Crippen molar-refractivity contribution in [3.05, 3.63) is 134 Å². The molecule has 1 atom stereocenters. The van der Waals surface area contributed by atoms with Crippen LogP contribution in [0.5, 0.6) is 0 Å². The van der Waals surface area contributed by atoms with E-state index in [1.165, 1.54) is 135 Å². The third kappa shape index (κ3) is 66.2. The zero-order valence-corrected chi connectivity index (χ0v) is 52.8. The molecule has 0 bridgehead atoms. The van der Waals surface area contributed by atoms with Crippen LogP contribution < -0.4 is 0 Å². The number of hydrogen-bond acceptors (Lipinski definition) is 6. The first-order chi connectivity index (χ1) is 40.0. The smallest absolute Gasteiger partial charge is 0.306 e. The Kier molecular flexibility index (Phi) is 64.3. The molecular formula is C75H124O6. The number of carbonyl (C=O) groups is 3. The molecule has 81 heavy (non-hydrogen) atoms. The second-order valence-electron chi connectivity index (χ2n) is 22.0. The average Bonchev–Trinajstić information content (AvgIpc) is 3.46. The number of carbonyl (C=O) groups excluding carboxylic acids is 3. The van der Waals surface area contributed by atoms with Crippen molar-refractivity contribution in [2.45, 2.75) is 309 Å². The molecule has 0 saturated carbocycles. The van der Waals surface area contributed by atoms with Crippen molar-refractivity contribution < 1.29 is 28.6 Å². The van der Waals surface area contributed by atoms with E-state index in [2.05, 4.69) is 154 Å². The van der Waals surface area contributed by atoms with Crippen LogP contribution in [0, 0.1) is 0 Å². The molecule has 0 aliphatic rings. The molecule has 1 unspecified atom stereocenters. The maximum absolute atomic E-state index is 12.9. The van der Waals surface area contributed by atoms with Crippen LogP contribution in [0.3, 0.4) is 0 Å². The first kappa shape index (κ1) is 76.5. The first-order valence-electron chi connectivity index (χ1n) is 33.7. The van der Waals surface area contributed by atoms with E-state index in [0.29, 0.717) is 19.3 Å². The summed E-state index contributed by atoms with van der Waals surface area (Å²) in [6.07, 6.45) is 96.0. The molecule has 0 radical (unpaired) electrons. The van der Waals surface area contributed by atoms with Gasteiger partial charge in [0.1, 0.15) is 13.2 Å². The molecule has 6 nitrogen and oxygen atoms in total. The fourth-order valence-electron chi connectivity index (χ4n) is 9.11. The lowest BCUT2D eigenvalue weighted by Crippen LogP contribution is -2.30. The number of allylic oxidation sites excluding steroid dienone is 22. The van der Waals surface area contributed by atoms with Crippen molar-refractivity contribution in [3.63, 3.8) is 0 Å². The maximum atomic E-state index is 12.9. The molecule has 0 N–H and O–H groups in total. The zero-order chi connectivity index (χ0) is 58.5. The molecule has 0 fully saturated rings. The van der Waals surface area contributed by atoms with Gasteiger partial charge in [0.05, 0.1) is 0 Å². The summed E-state index contributed by atoms with van der Waals surface area (Å²) in [5, 5.41) is 0. The predicted octanol–water partition coefficient (Wildman–Crippen LogP) is 23.3. The Morgan fingerprint density at radius 2 is 0.481 bits per heavy atom. The van der Waals surface area contributed by atoms with Gasteiger partial charge in [-0.05, 0) is 122 Å². The highest BCUT2D eigenvalue weighted by molar-refractivity contribution is 5.71. The zero-order valence-electron chi connectivity index (χ0n) is 52.8. The lowest BCUT2D eigenvalue weighted by Gasteiger charge is -2.18. The van der Waals surface area contributed by atoms with Gasteiger partial charge >= 0.3 is 17.9 Å². The van der Waals surface area contributed by atoms with Crippen LogP contribution in [0.2, 0.25) is 0 Å². The van der Waals surface area contributed by atoms with Gasteiger partial charge in [-0.25, -0.2) is 0 Å². The number of rotatable bonds is 60. The SMILES string of the molecule is CC/C=C\C/C=C\C/C=C\C/C=C\C/C=C\C/C=C\C/C=C\C/C=C\C/C=C\CCCCCC(=O)OCC(COC(=O)CCCCCCCCCCCCCCC)OC(=O)CCCCCCCCCCC/C=C\C/C=C\CCCCC. The minimum atomic E-state index is -0.798. The van der Waals surface area contributed by atoms with E-state index in [0.717, 1.165) is 128 Å². The fraction of sp³-hybridized carbons (Fsp3) is 0.667. The van der Waals surface area contributed by atoms with Gasteiger partial charge in [0.25, 0.3) is 0 Å². The minimum Gasteiger partial charge on any atom is -0.462 e. The molecule has 6 heteroatoms. The van der Waals surface area contributed by atoms with Gasteiger partial charge in [0, 0.05) is 19.3 Å². The van der Waals surface area contributed by atoms with Gasteiger partial charge in [-0.1, -0.05) is 296 Å². The Morgan fingerprint density at radius 1 is 0.259 bits per heavy atom. The molecule has 0 rings (SSSR count). The van der Waals surface area contributed by atoms with Crippen LogP contribution in [0.4, 0.5) is 0 Å². The van der Waals surface area contributed by atoms with Gasteiger partial charge < -0.3 is 14.2 Å². The van der Waals surface area contributed by atoms with Crippen molar-refractivity contribution in [1.29, 1.82) is 0 Å². The maximum Gasteiger partial charge on any atom is 0.306 e. The van der Waals surface area contributed by atoms with E-state index in [1.54, 1.807) is 0 Å². The Bertz CT molecular complexity index is 1720. The normalized spacial score (nSPS) is 13.0. The second-order valence-corrected chi connectivity index (χ2v) is 22.0. The summed E-state index contributed by atoms with van der Waals surface area (Å²) < 4.78 is 16.9. The van der Waals surface area contributed by atoms with Gasteiger partial charge in [0.2, 0.25) is 0 Å². The lowest BCUT2D eigenvalue weighted by atomic mass is 10.0. The third-order valence-corrected chi connectivity index (χ3v) is 14.1. The second kappa shape index (κ2) is 68.1. The molecule has 0 spiro atoms. The topological polar surface area (TPSA) is 78.9 Å². The summed E-state index contributed by atoms with van der Waals surface area (Å²) in [5.74, 6) is -0.923. The van der Waals surface area contributed by atoms with Crippen LogP contribution >= 0.6 is 0 Å². The Balaban J connectivity index is 4.39. The van der Waals surface area contributed by atoms with Crippen LogP contribution in [0.25, 0.3) is 0 Å². The van der Waals surface area contributed by atoms with E-state index < -0.39 is 6.10 Å². The van der Waals surface area contributed by atoms with Gasteiger partial charge in [-0.15, -0.1) is 0 Å². The first-order valence-corrected chi connectivity index (χ1v) is 33.7.